The molecule has 2 N–H and O–H groups in total. The molecule has 0 spiro atoms. The Kier molecular flexibility index (Phi) is 6.84. The first-order chi connectivity index (χ1) is 10.3. The van der Waals surface area contributed by atoms with Crippen molar-refractivity contribution in [2.45, 2.75) is 32.1 Å². The molecular formula is C16H25NO4. The van der Waals surface area contributed by atoms with E-state index in [-0.39, 0.29) is 12.7 Å². The van der Waals surface area contributed by atoms with E-state index in [1.165, 1.54) is 12.8 Å². The third-order valence-electron chi connectivity index (χ3n) is 4.27. The van der Waals surface area contributed by atoms with Crippen molar-refractivity contribution in [2.75, 3.05) is 33.0 Å². The fraction of sp³-hybridized carbons (Fsp3) is 0.812. The second-order valence-corrected chi connectivity index (χ2v) is 5.61. The molecule has 0 aromatic rings. The molecule has 5 heteroatoms. The van der Waals surface area contributed by atoms with E-state index in [9.17, 15) is 4.79 Å². The highest BCUT2D eigenvalue weighted by Crippen LogP contribution is 2.54. The molecule has 118 valence electrons. The van der Waals surface area contributed by atoms with Crippen molar-refractivity contribution < 1.29 is 19.4 Å². The number of rotatable bonds is 8. The van der Waals surface area contributed by atoms with Gasteiger partial charge in [0.1, 0.15) is 0 Å². The van der Waals surface area contributed by atoms with Crippen molar-refractivity contribution in [1.82, 2.24) is 5.32 Å². The number of fused-ring (bicyclic) bond motifs is 1. The molecule has 5 nitrogen and oxygen atoms in total. The Hall–Kier alpha value is -1.25. The van der Waals surface area contributed by atoms with Crippen LogP contribution in [0.1, 0.15) is 32.1 Å². The average molecular weight is 295 g/mol. The van der Waals surface area contributed by atoms with Gasteiger partial charge >= 0.3 is 6.09 Å². The SMILES string of the molecule is O=C(NCCOCCO)OCCC1C2CCC#CCCC21. The second kappa shape index (κ2) is 8.91. The molecule has 0 saturated heterocycles. The maximum Gasteiger partial charge on any atom is 0.407 e. The summed E-state index contributed by atoms with van der Waals surface area (Å²) in [6.45, 7) is 1.58. The van der Waals surface area contributed by atoms with Gasteiger partial charge in [0.2, 0.25) is 0 Å². The van der Waals surface area contributed by atoms with E-state index < -0.39 is 0 Å². The summed E-state index contributed by atoms with van der Waals surface area (Å²) < 4.78 is 10.2. The normalized spacial score (nSPS) is 26.6. The van der Waals surface area contributed by atoms with E-state index in [0.29, 0.717) is 32.3 Å². The average Bonchev–Trinajstić information content (AvgIpc) is 3.08. The summed E-state index contributed by atoms with van der Waals surface area (Å²) in [6.07, 6.45) is 5.03. The smallest absolute Gasteiger partial charge is 0.407 e. The van der Waals surface area contributed by atoms with E-state index in [4.69, 9.17) is 14.6 Å². The summed E-state index contributed by atoms with van der Waals surface area (Å²) in [5.41, 5.74) is 0. The molecule has 0 aromatic carbocycles. The highest BCUT2D eigenvalue weighted by molar-refractivity contribution is 5.67. The van der Waals surface area contributed by atoms with Crippen LogP contribution in [0.2, 0.25) is 0 Å². The van der Waals surface area contributed by atoms with Gasteiger partial charge in [-0.3, -0.25) is 0 Å². The first-order valence-corrected chi connectivity index (χ1v) is 7.88. The third kappa shape index (κ3) is 5.56. The predicted molar refractivity (Wildman–Crippen MR) is 78.6 cm³/mol. The number of amides is 1. The van der Waals surface area contributed by atoms with Crippen LogP contribution >= 0.6 is 0 Å². The molecule has 0 aliphatic heterocycles. The molecule has 1 amide bonds. The molecular weight excluding hydrogens is 270 g/mol. The van der Waals surface area contributed by atoms with Crippen LogP contribution in [-0.4, -0.2) is 44.2 Å². The molecule has 2 unspecified atom stereocenters. The highest BCUT2D eigenvalue weighted by Gasteiger charge is 2.47. The largest absolute Gasteiger partial charge is 0.450 e. The lowest BCUT2D eigenvalue weighted by molar-refractivity contribution is 0.0904. The molecule has 1 fully saturated rings. The Morgan fingerprint density at radius 2 is 1.86 bits per heavy atom. The lowest BCUT2D eigenvalue weighted by Gasteiger charge is -2.07. The van der Waals surface area contributed by atoms with Gasteiger partial charge in [0.25, 0.3) is 0 Å². The van der Waals surface area contributed by atoms with Crippen LogP contribution in [0.5, 0.6) is 0 Å². The van der Waals surface area contributed by atoms with Crippen molar-refractivity contribution in [1.29, 1.82) is 0 Å². The third-order valence-corrected chi connectivity index (χ3v) is 4.27. The van der Waals surface area contributed by atoms with E-state index in [0.717, 1.165) is 31.1 Å². The molecule has 0 radical (unpaired) electrons. The van der Waals surface area contributed by atoms with Crippen LogP contribution in [-0.2, 0) is 9.47 Å². The summed E-state index contributed by atoms with van der Waals surface area (Å²) in [6, 6.07) is 0. The maximum absolute atomic E-state index is 11.4. The summed E-state index contributed by atoms with van der Waals surface area (Å²) >= 11 is 0. The Bertz CT molecular complexity index is 369. The number of carbonyl (C=O) groups excluding carboxylic acids is 1. The number of aliphatic hydroxyl groups excluding tert-OH is 1. The van der Waals surface area contributed by atoms with Gasteiger partial charge in [-0.2, -0.15) is 0 Å². The van der Waals surface area contributed by atoms with Gasteiger partial charge < -0.3 is 19.9 Å². The molecule has 0 aromatic heterocycles. The number of nitrogens with one attached hydrogen (secondary N) is 1. The fourth-order valence-corrected chi connectivity index (χ4v) is 3.19. The zero-order valence-corrected chi connectivity index (χ0v) is 12.5. The zero-order valence-electron chi connectivity index (χ0n) is 12.5. The van der Waals surface area contributed by atoms with E-state index >= 15 is 0 Å². The first-order valence-electron chi connectivity index (χ1n) is 7.88. The molecule has 2 rings (SSSR count). The van der Waals surface area contributed by atoms with E-state index in [1.54, 1.807) is 0 Å². The lowest BCUT2D eigenvalue weighted by atomic mass is 10.1. The number of aliphatic hydroxyl groups is 1. The Morgan fingerprint density at radius 1 is 1.14 bits per heavy atom. The fourth-order valence-electron chi connectivity index (χ4n) is 3.19. The van der Waals surface area contributed by atoms with Crippen LogP contribution in [0.15, 0.2) is 0 Å². The van der Waals surface area contributed by atoms with E-state index in [2.05, 4.69) is 17.2 Å². The van der Waals surface area contributed by atoms with Gasteiger partial charge in [0.15, 0.2) is 0 Å². The van der Waals surface area contributed by atoms with Gasteiger partial charge in [0, 0.05) is 19.4 Å². The summed E-state index contributed by atoms with van der Waals surface area (Å²) in [5.74, 6) is 8.73. The second-order valence-electron chi connectivity index (χ2n) is 5.61. The van der Waals surface area contributed by atoms with Crippen molar-refractivity contribution in [3.8, 4) is 11.8 Å². The van der Waals surface area contributed by atoms with Crippen molar-refractivity contribution in [2.24, 2.45) is 17.8 Å². The van der Waals surface area contributed by atoms with Crippen LogP contribution in [0.3, 0.4) is 0 Å². The van der Waals surface area contributed by atoms with Crippen LogP contribution in [0.25, 0.3) is 0 Å². The maximum atomic E-state index is 11.4. The Balaban J connectivity index is 1.49. The molecule has 2 atom stereocenters. The minimum Gasteiger partial charge on any atom is -0.450 e. The summed E-state index contributed by atoms with van der Waals surface area (Å²) in [7, 11) is 0. The Morgan fingerprint density at radius 3 is 2.52 bits per heavy atom. The van der Waals surface area contributed by atoms with Gasteiger partial charge in [0.05, 0.1) is 26.4 Å². The summed E-state index contributed by atoms with van der Waals surface area (Å²) in [5, 5.41) is 11.2. The van der Waals surface area contributed by atoms with Gasteiger partial charge in [-0.15, -0.1) is 11.8 Å². The lowest BCUT2D eigenvalue weighted by Crippen LogP contribution is -2.28. The number of hydrogen-bond donors (Lipinski definition) is 2. The number of alkyl carbamates (subject to hydrolysis) is 1. The molecule has 1 saturated carbocycles. The molecule has 21 heavy (non-hydrogen) atoms. The number of ether oxygens (including phenoxy) is 2. The monoisotopic (exact) mass is 295 g/mol. The van der Waals surface area contributed by atoms with Crippen LogP contribution in [0.4, 0.5) is 4.79 Å². The standard InChI is InChI=1S/C16H25NO4/c18-9-12-20-11-8-17-16(19)21-10-7-15-13-5-3-1-2-4-6-14(13)15/h13-15,18H,3-12H2,(H,17,19). The van der Waals surface area contributed by atoms with E-state index in [1.807, 2.05) is 0 Å². The van der Waals surface area contributed by atoms with Crippen LogP contribution < -0.4 is 5.32 Å². The predicted octanol–water partition coefficient (Wildman–Crippen LogP) is 1.55. The quantitative estimate of drug-likeness (QED) is 0.527. The van der Waals surface area contributed by atoms with Gasteiger partial charge in [-0.1, -0.05) is 0 Å². The molecule has 0 bridgehead atoms. The van der Waals surface area contributed by atoms with Crippen molar-refractivity contribution >= 4 is 6.09 Å². The summed E-state index contributed by atoms with van der Waals surface area (Å²) in [4.78, 5) is 11.4. The zero-order chi connectivity index (χ0) is 14.9. The van der Waals surface area contributed by atoms with Gasteiger partial charge in [-0.25, -0.2) is 4.79 Å². The molecule has 2 aliphatic rings. The first kappa shape index (κ1) is 16.1. The van der Waals surface area contributed by atoms with Crippen molar-refractivity contribution in [3.63, 3.8) is 0 Å². The minimum atomic E-state index is -0.385. The number of carbonyl (C=O) groups is 1. The minimum absolute atomic E-state index is 0.000786. The molecule has 2 aliphatic carbocycles. The molecule has 0 heterocycles. The van der Waals surface area contributed by atoms with Crippen LogP contribution in [0, 0.1) is 29.6 Å². The van der Waals surface area contributed by atoms with Gasteiger partial charge in [-0.05, 0) is 37.0 Å². The topological polar surface area (TPSA) is 67.8 Å². The van der Waals surface area contributed by atoms with Crippen molar-refractivity contribution in [3.05, 3.63) is 0 Å². The number of hydrogen-bond acceptors (Lipinski definition) is 4. The highest BCUT2D eigenvalue weighted by atomic mass is 16.5. The Labute approximate surface area is 126 Å².